The number of ether oxygens (including phenoxy) is 1. The third-order valence-corrected chi connectivity index (χ3v) is 7.14. The van der Waals surface area contributed by atoms with Gasteiger partial charge in [-0.15, -0.1) is 22.4 Å². The zero-order valence-electron chi connectivity index (χ0n) is 20.4. The number of hydrogen-bond donors (Lipinski definition) is 0. The number of anilines is 1. The highest BCUT2D eigenvalue weighted by atomic mass is 31.0. The molecule has 2 aliphatic heterocycles. The summed E-state index contributed by atoms with van der Waals surface area (Å²) < 4.78 is 41.1. The Labute approximate surface area is 220 Å². The molecular weight excluding hydrogens is 514 g/mol. The van der Waals surface area contributed by atoms with Crippen LogP contribution in [0.2, 0.25) is 0 Å². The Morgan fingerprint density at radius 3 is 2.37 bits per heavy atom. The van der Waals surface area contributed by atoms with E-state index >= 15 is 0 Å². The molecule has 196 valence electrons. The molecule has 3 aromatic rings. The van der Waals surface area contributed by atoms with Gasteiger partial charge in [0.25, 0.3) is 5.91 Å². The average molecular weight is 539 g/mol. The van der Waals surface area contributed by atoms with Crippen molar-refractivity contribution in [2.45, 2.75) is 26.0 Å². The van der Waals surface area contributed by atoms with Gasteiger partial charge < -0.3 is 14.5 Å². The lowest BCUT2D eigenvalue weighted by Crippen LogP contribution is -2.46. The normalized spacial score (nSPS) is 15.9. The van der Waals surface area contributed by atoms with E-state index in [0.717, 1.165) is 60.5 Å². The van der Waals surface area contributed by atoms with Gasteiger partial charge in [0.1, 0.15) is 17.6 Å². The first-order valence-corrected chi connectivity index (χ1v) is 12.6. The summed E-state index contributed by atoms with van der Waals surface area (Å²) in [6, 6.07) is 15.4. The molecule has 0 radical (unpaired) electrons. The van der Waals surface area contributed by atoms with Gasteiger partial charge in [0.05, 0.1) is 11.1 Å². The second kappa shape index (κ2) is 10.6. The molecule has 7 nitrogen and oxygen atoms in total. The number of nitrogens with zero attached hydrogens (tertiary/aromatic N) is 5. The minimum absolute atomic E-state index is 0.0873. The predicted molar refractivity (Wildman–Crippen MR) is 139 cm³/mol. The molecule has 0 saturated carbocycles. The van der Waals surface area contributed by atoms with Gasteiger partial charge in [-0.25, -0.2) is 4.98 Å². The molecule has 0 spiro atoms. The van der Waals surface area contributed by atoms with E-state index in [-0.39, 0.29) is 11.7 Å². The second-order valence-corrected chi connectivity index (χ2v) is 9.97. The van der Waals surface area contributed by atoms with Crippen molar-refractivity contribution in [1.29, 1.82) is 5.26 Å². The topological polar surface area (TPSA) is 72.7 Å². The molecule has 5 rings (SSSR count). The molecule has 1 unspecified atom stereocenters. The largest absolute Gasteiger partial charge is 0.573 e. The number of piperazine rings is 1. The highest BCUT2D eigenvalue weighted by molar-refractivity contribution is 7.27. The van der Waals surface area contributed by atoms with Gasteiger partial charge >= 0.3 is 6.36 Å². The molecule has 2 aromatic carbocycles. The van der Waals surface area contributed by atoms with Crippen molar-refractivity contribution in [3.63, 3.8) is 0 Å². The van der Waals surface area contributed by atoms with Crippen molar-refractivity contribution in [1.82, 2.24) is 14.8 Å². The number of hydrogen-bond acceptors (Lipinski definition) is 6. The molecule has 11 heteroatoms. The van der Waals surface area contributed by atoms with Crippen LogP contribution in [0.3, 0.4) is 0 Å². The number of alkyl halides is 3. The summed E-state index contributed by atoms with van der Waals surface area (Å²) in [6.45, 7) is 4.90. The predicted octanol–water partition coefficient (Wildman–Crippen LogP) is 3.83. The number of carbonyl (C=O) groups excluding carboxylic acids is 1. The maximum atomic E-state index is 13.1. The van der Waals surface area contributed by atoms with Crippen LogP contribution in [-0.4, -0.2) is 53.2 Å². The number of nitriles is 1. The van der Waals surface area contributed by atoms with Crippen LogP contribution in [0.4, 0.5) is 19.0 Å². The van der Waals surface area contributed by atoms with Crippen LogP contribution >= 0.6 is 9.24 Å². The first-order chi connectivity index (χ1) is 18.2. The van der Waals surface area contributed by atoms with E-state index in [4.69, 9.17) is 5.26 Å². The van der Waals surface area contributed by atoms with Crippen molar-refractivity contribution >= 4 is 26.3 Å². The Bertz CT molecular complexity index is 1370. The number of rotatable bonds is 6. The SMILES string of the molecule is N#Cc1ccc(N2CCN(Cc3cc(P)c4c(c3)CN(Cc3ccc(OC(F)(F)F)cc3)C4=O)CC2)nc1. The summed E-state index contributed by atoms with van der Waals surface area (Å²) in [5.74, 6) is 0.494. The molecule has 38 heavy (non-hydrogen) atoms. The summed E-state index contributed by atoms with van der Waals surface area (Å²) in [4.78, 5) is 23.8. The number of benzene rings is 2. The quantitative estimate of drug-likeness (QED) is 0.444. The standard InChI is InChI=1S/C27H25F3N5O2P/c28-27(29,30)37-22-4-1-18(2-5-22)16-35-17-21-11-20(12-23(38)25(21)26(35)36)15-33-7-9-34(10-8-33)24-6-3-19(13-31)14-32-24/h1-6,11-12,14H,7-10,15-17,38H2. The van der Waals surface area contributed by atoms with Gasteiger partial charge in [0, 0.05) is 52.0 Å². The third kappa shape index (κ3) is 5.90. The molecular formula is C27H25F3N5O2P. The number of aromatic nitrogens is 1. The Hall–Kier alpha value is -3.67. The summed E-state index contributed by atoms with van der Waals surface area (Å²) >= 11 is 0. The van der Waals surface area contributed by atoms with Crippen LogP contribution in [0.5, 0.6) is 5.75 Å². The van der Waals surface area contributed by atoms with Crippen LogP contribution in [0.25, 0.3) is 0 Å². The molecule has 1 fully saturated rings. The van der Waals surface area contributed by atoms with E-state index in [9.17, 15) is 18.0 Å². The number of fused-ring (bicyclic) bond motifs is 1. The van der Waals surface area contributed by atoms with E-state index in [2.05, 4.69) is 40.9 Å². The Morgan fingerprint density at radius 1 is 1.00 bits per heavy atom. The Balaban J connectivity index is 1.19. The smallest absolute Gasteiger partial charge is 0.406 e. The van der Waals surface area contributed by atoms with Crippen molar-refractivity contribution in [3.05, 3.63) is 82.5 Å². The monoisotopic (exact) mass is 539 g/mol. The minimum atomic E-state index is -4.74. The first-order valence-electron chi connectivity index (χ1n) is 12.1. The highest BCUT2D eigenvalue weighted by Gasteiger charge is 2.32. The van der Waals surface area contributed by atoms with Crippen molar-refractivity contribution in [2.75, 3.05) is 31.1 Å². The summed E-state index contributed by atoms with van der Waals surface area (Å²) in [6.07, 6.45) is -3.15. The zero-order chi connectivity index (χ0) is 26.9. The van der Waals surface area contributed by atoms with Gasteiger partial charge in [0.15, 0.2) is 0 Å². The van der Waals surface area contributed by atoms with Crippen LogP contribution in [-0.2, 0) is 19.6 Å². The molecule has 3 heterocycles. The summed E-state index contributed by atoms with van der Waals surface area (Å²) in [5, 5.41) is 9.80. The fraction of sp³-hybridized carbons (Fsp3) is 0.296. The van der Waals surface area contributed by atoms with Gasteiger partial charge in [-0.3, -0.25) is 9.69 Å². The van der Waals surface area contributed by atoms with Crippen LogP contribution in [0, 0.1) is 11.3 Å². The van der Waals surface area contributed by atoms with E-state index in [0.29, 0.717) is 24.2 Å². The molecule has 1 amide bonds. The Kier molecular flexibility index (Phi) is 7.24. The van der Waals surface area contributed by atoms with Gasteiger partial charge in [-0.1, -0.05) is 18.2 Å². The van der Waals surface area contributed by atoms with Crippen molar-refractivity contribution < 1.29 is 22.7 Å². The first kappa shape index (κ1) is 26.0. The molecule has 2 aliphatic rings. The lowest BCUT2D eigenvalue weighted by Gasteiger charge is -2.35. The maximum Gasteiger partial charge on any atom is 0.573 e. The van der Waals surface area contributed by atoms with Crippen LogP contribution in [0.1, 0.15) is 32.6 Å². The number of halogens is 3. The zero-order valence-corrected chi connectivity index (χ0v) is 21.6. The van der Waals surface area contributed by atoms with Gasteiger partial charge in [-0.2, -0.15) is 5.26 Å². The summed E-state index contributed by atoms with van der Waals surface area (Å²) in [5.41, 5.74) is 4.02. The number of carbonyl (C=O) groups is 1. The minimum Gasteiger partial charge on any atom is -0.406 e. The van der Waals surface area contributed by atoms with Crippen molar-refractivity contribution in [3.8, 4) is 11.8 Å². The lowest BCUT2D eigenvalue weighted by molar-refractivity contribution is -0.274. The van der Waals surface area contributed by atoms with Gasteiger partial charge in [-0.05, 0) is 52.3 Å². The fourth-order valence-electron chi connectivity index (χ4n) is 4.88. The van der Waals surface area contributed by atoms with E-state index in [1.807, 2.05) is 12.1 Å². The highest BCUT2D eigenvalue weighted by Crippen LogP contribution is 2.28. The Morgan fingerprint density at radius 2 is 1.74 bits per heavy atom. The van der Waals surface area contributed by atoms with Crippen LogP contribution < -0.4 is 14.9 Å². The number of amides is 1. The molecule has 1 aromatic heterocycles. The fourth-order valence-corrected chi connectivity index (χ4v) is 5.41. The van der Waals surface area contributed by atoms with Crippen molar-refractivity contribution in [2.24, 2.45) is 0 Å². The molecule has 0 N–H and O–H groups in total. The third-order valence-electron chi connectivity index (χ3n) is 6.68. The van der Waals surface area contributed by atoms with E-state index in [1.54, 1.807) is 17.2 Å². The molecule has 1 atom stereocenters. The van der Waals surface area contributed by atoms with E-state index < -0.39 is 6.36 Å². The molecule has 1 saturated heterocycles. The van der Waals surface area contributed by atoms with Gasteiger partial charge in [0.2, 0.25) is 0 Å². The number of pyridine rings is 1. The van der Waals surface area contributed by atoms with Crippen LogP contribution in [0.15, 0.2) is 54.7 Å². The second-order valence-electron chi connectivity index (χ2n) is 9.35. The van der Waals surface area contributed by atoms with E-state index in [1.165, 1.54) is 24.3 Å². The molecule has 0 aliphatic carbocycles. The maximum absolute atomic E-state index is 13.1. The lowest BCUT2D eigenvalue weighted by atomic mass is 10.1. The average Bonchev–Trinajstić information content (AvgIpc) is 3.20. The summed E-state index contributed by atoms with van der Waals surface area (Å²) in [7, 11) is 2.67. The molecule has 0 bridgehead atoms.